The van der Waals surface area contributed by atoms with Crippen LogP contribution in [0.4, 0.5) is 0 Å². The molecule has 0 aliphatic carbocycles. The minimum atomic E-state index is -0.544. The first-order valence-electron chi connectivity index (χ1n) is 10.5. The van der Waals surface area contributed by atoms with Crippen LogP contribution >= 0.6 is 0 Å². The summed E-state index contributed by atoms with van der Waals surface area (Å²) in [6.45, 7) is 4.10. The third kappa shape index (κ3) is 4.47. The van der Waals surface area contributed by atoms with Gasteiger partial charge in [0.15, 0.2) is 0 Å². The van der Waals surface area contributed by atoms with Gasteiger partial charge in [-0.25, -0.2) is 4.79 Å². The number of esters is 1. The number of hydrogen-bond donors (Lipinski definition) is 1. The zero-order valence-corrected chi connectivity index (χ0v) is 17.7. The van der Waals surface area contributed by atoms with Gasteiger partial charge in [0.05, 0.1) is 43.1 Å². The van der Waals surface area contributed by atoms with E-state index in [2.05, 4.69) is 10.3 Å². The maximum Gasteiger partial charge on any atom is 0.340 e. The molecule has 4 heterocycles. The molecule has 1 N–H and O–H groups in total. The van der Waals surface area contributed by atoms with Crippen molar-refractivity contribution in [2.24, 2.45) is 0 Å². The number of hydrogen-bond acceptors (Lipinski definition) is 6. The van der Waals surface area contributed by atoms with Crippen molar-refractivity contribution in [3.05, 3.63) is 71.3 Å². The summed E-state index contributed by atoms with van der Waals surface area (Å²) in [7, 11) is 0. The number of nitrogens with zero attached hydrogens (tertiary/aromatic N) is 3. The van der Waals surface area contributed by atoms with E-state index in [4.69, 9.17) is 9.47 Å². The molecule has 0 unspecified atom stereocenters. The summed E-state index contributed by atoms with van der Waals surface area (Å²) in [6, 6.07) is 10.2. The van der Waals surface area contributed by atoms with Crippen LogP contribution in [0, 0.1) is 0 Å². The first-order chi connectivity index (χ1) is 15.6. The summed E-state index contributed by atoms with van der Waals surface area (Å²) in [5, 5.41) is 2.82. The van der Waals surface area contributed by atoms with Crippen molar-refractivity contribution in [3.8, 4) is 0 Å². The van der Waals surface area contributed by atoms with Crippen LogP contribution in [-0.2, 0) is 16.0 Å². The number of nitrogens with one attached hydrogen (secondary N) is 1. The van der Waals surface area contributed by atoms with Gasteiger partial charge < -0.3 is 24.1 Å². The molecule has 166 valence electrons. The lowest BCUT2D eigenvalue weighted by atomic mass is 10.2. The Labute approximate surface area is 184 Å². The molecule has 0 atom stereocenters. The second kappa shape index (κ2) is 9.61. The Kier molecular flexibility index (Phi) is 6.46. The number of amides is 2. The summed E-state index contributed by atoms with van der Waals surface area (Å²) in [5.41, 5.74) is 2.11. The fourth-order valence-electron chi connectivity index (χ4n) is 3.58. The van der Waals surface area contributed by atoms with Crippen molar-refractivity contribution in [3.63, 3.8) is 0 Å². The molecule has 2 amide bonds. The van der Waals surface area contributed by atoms with Crippen LogP contribution in [0.3, 0.4) is 0 Å². The molecular formula is C23H24N4O5. The van der Waals surface area contributed by atoms with Gasteiger partial charge >= 0.3 is 5.97 Å². The lowest BCUT2D eigenvalue weighted by Crippen LogP contribution is -2.41. The average Bonchev–Trinajstić information content (AvgIpc) is 3.22. The zero-order valence-electron chi connectivity index (χ0n) is 17.7. The van der Waals surface area contributed by atoms with Crippen molar-refractivity contribution in [1.82, 2.24) is 19.6 Å². The Balaban J connectivity index is 1.65. The van der Waals surface area contributed by atoms with Crippen LogP contribution in [0.1, 0.15) is 43.8 Å². The van der Waals surface area contributed by atoms with E-state index >= 15 is 0 Å². The van der Waals surface area contributed by atoms with Crippen molar-refractivity contribution in [1.29, 1.82) is 0 Å². The molecule has 9 nitrogen and oxygen atoms in total. The Morgan fingerprint density at radius 2 is 1.97 bits per heavy atom. The van der Waals surface area contributed by atoms with E-state index in [0.717, 1.165) is 5.69 Å². The molecule has 3 aromatic rings. The van der Waals surface area contributed by atoms with Crippen LogP contribution in [0.25, 0.3) is 5.52 Å². The summed E-state index contributed by atoms with van der Waals surface area (Å²) >= 11 is 0. The van der Waals surface area contributed by atoms with Gasteiger partial charge in [-0.05, 0) is 37.3 Å². The minimum absolute atomic E-state index is 0.202. The minimum Gasteiger partial charge on any atom is -0.462 e. The molecule has 0 saturated carbocycles. The summed E-state index contributed by atoms with van der Waals surface area (Å²) in [6.07, 6.45) is 3.29. The Hall–Kier alpha value is -3.72. The standard InChI is InChI=1S/C23H24N4O5/c1-2-32-23(30)18-14-20(22(29)26-9-11-31-12-10-26)27-8-6-16(13-19(18)27)21(28)25-15-17-5-3-4-7-24-17/h3-8,13-14H,2,9-12,15H2,1H3,(H,25,28). The fraction of sp³-hybridized carbons (Fsp3) is 0.304. The van der Waals surface area contributed by atoms with Crippen molar-refractivity contribution in [2.75, 3.05) is 32.9 Å². The van der Waals surface area contributed by atoms with Gasteiger partial charge in [0.1, 0.15) is 5.69 Å². The number of fused-ring (bicyclic) bond motifs is 1. The second-order valence-electron chi connectivity index (χ2n) is 7.24. The van der Waals surface area contributed by atoms with Gasteiger partial charge in [0.2, 0.25) is 0 Å². The van der Waals surface area contributed by atoms with E-state index in [-0.39, 0.29) is 30.5 Å². The van der Waals surface area contributed by atoms with E-state index in [1.54, 1.807) is 46.8 Å². The smallest absolute Gasteiger partial charge is 0.340 e. The van der Waals surface area contributed by atoms with E-state index in [0.29, 0.717) is 43.1 Å². The maximum absolute atomic E-state index is 13.1. The molecule has 0 spiro atoms. The quantitative estimate of drug-likeness (QED) is 0.593. The highest BCUT2D eigenvalue weighted by atomic mass is 16.5. The van der Waals surface area contributed by atoms with Crippen LogP contribution in [-0.4, -0.2) is 65.0 Å². The van der Waals surface area contributed by atoms with Gasteiger partial charge in [-0.3, -0.25) is 14.6 Å². The Morgan fingerprint density at radius 3 is 2.69 bits per heavy atom. The fourth-order valence-corrected chi connectivity index (χ4v) is 3.58. The Bertz CT molecular complexity index is 1140. The number of morpholine rings is 1. The zero-order chi connectivity index (χ0) is 22.5. The third-order valence-corrected chi connectivity index (χ3v) is 5.20. The molecule has 32 heavy (non-hydrogen) atoms. The predicted octanol–water partition coefficient (Wildman–Crippen LogP) is 1.91. The second-order valence-corrected chi connectivity index (χ2v) is 7.24. The normalized spacial score (nSPS) is 13.7. The van der Waals surface area contributed by atoms with Crippen LogP contribution in [0.15, 0.2) is 48.8 Å². The number of carbonyl (C=O) groups excluding carboxylic acids is 3. The van der Waals surface area contributed by atoms with Gasteiger partial charge in [-0.15, -0.1) is 0 Å². The summed E-state index contributed by atoms with van der Waals surface area (Å²) in [4.78, 5) is 44.2. The van der Waals surface area contributed by atoms with E-state index < -0.39 is 5.97 Å². The molecule has 1 aliphatic rings. The highest BCUT2D eigenvalue weighted by Gasteiger charge is 2.26. The average molecular weight is 436 g/mol. The van der Waals surface area contributed by atoms with Crippen molar-refractivity contribution in [2.45, 2.75) is 13.5 Å². The SMILES string of the molecule is CCOC(=O)c1cc(C(=O)N2CCOCC2)n2ccc(C(=O)NCc3ccccn3)cc12. The maximum atomic E-state index is 13.1. The summed E-state index contributed by atoms with van der Waals surface area (Å²) < 4.78 is 12.1. The van der Waals surface area contributed by atoms with Crippen LogP contribution in [0.5, 0.6) is 0 Å². The molecule has 9 heteroatoms. The molecule has 1 saturated heterocycles. The van der Waals surface area contributed by atoms with Gasteiger partial charge in [-0.2, -0.15) is 0 Å². The molecular weight excluding hydrogens is 412 g/mol. The van der Waals surface area contributed by atoms with Crippen molar-refractivity contribution < 1.29 is 23.9 Å². The predicted molar refractivity (Wildman–Crippen MR) is 115 cm³/mol. The number of aromatic nitrogens is 2. The number of pyridine rings is 2. The molecule has 1 aliphatic heterocycles. The summed E-state index contributed by atoms with van der Waals surface area (Å²) in [5.74, 6) is -1.06. The van der Waals surface area contributed by atoms with E-state index in [9.17, 15) is 14.4 Å². The van der Waals surface area contributed by atoms with Crippen molar-refractivity contribution >= 4 is 23.3 Å². The highest BCUT2D eigenvalue weighted by molar-refractivity contribution is 6.05. The molecule has 0 radical (unpaired) electrons. The molecule has 0 bridgehead atoms. The topological polar surface area (TPSA) is 102 Å². The molecule has 1 fully saturated rings. The van der Waals surface area contributed by atoms with E-state index in [1.807, 2.05) is 12.1 Å². The van der Waals surface area contributed by atoms with E-state index in [1.165, 1.54) is 6.07 Å². The van der Waals surface area contributed by atoms with Crippen LogP contribution in [0.2, 0.25) is 0 Å². The first kappa shape index (κ1) is 21.5. The Morgan fingerprint density at radius 1 is 1.16 bits per heavy atom. The molecule has 3 aromatic heterocycles. The van der Waals surface area contributed by atoms with Gasteiger partial charge in [0.25, 0.3) is 11.8 Å². The molecule has 4 rings (SSSR count). The van der Waals surface area contributed by atoms with Gasteiger partial charge in [-0.1, -0.05) is 6.07 Å². The lowest BCUT2D eigenvalue weighted by molar-refractivity contribution is 0.0298. The van der Waals surface area contributed by atoms with Crippen LogP contribution < -0.4 is 5.32 Å². The third-order valence-electron chi connectivity index (χ3n) is 5.20. The monoisotopic (exact) mass is 436 g/mol. The number of ether oxygens (including phenoxy) is 2. The number of carbonyl (C=O) groups is 3. The lowest BCUT2D eigenvalue weighted by Gasteiger charge is -2.26. The molecule has 0 aromatic carbocycles. The largest absolute Gasteiger partial charge is 0.462 e. The van der Waals surface area contributed by atoms with Gasteiger partial charge in [0, 0.05) is 31.0 Å². The first-order valence-corrected chi connectivity index (χ1v) is 10.5. The highest BCUT2D eigenvalue weighted by Crippen LogP contribution is 2.22. The number of rotatable bonds is 6.